The van der Waals surface area contributed by atoms with Crippen molar-refractivity contribution in [2.24, 2.45) is 10.8 Å². The van der Waals surface area contributed by atoms with Gasteiger partial charge in [0.05, 0.1) is 0 Å². The molecule has 0 aromatic heterocycles. The van der Waals surface area contributed by atoms with Crippen LogP contribution in [0.15, 0.2) is 0 Å². The molecule has 2 rings (SSSR count). The highest BCUT2D eigenvalue weighted by Crippen LogP contribution is 2.42. The van der Waals surface area contributed by atoms with Gasteiger partial charge in [0, 0.05) is 35.4 Å². The Balaban J connectivity index is 2.33. The largest absolute Gasteiger partial charge is 0.315 e. The number of hydrogen-bond acceptors (Lipinski definition) is 3. The van der Waals surface area contributed by atoms with Gasteiger partial charge in [0.25, 0.3) is 0 Å². The third-order valence-corrected chi connectivity index (χ3v) is 4.65. The Hall–Kier alpha value is -0.0200. The molecule has 0 radical (unpaired) electrons. The summed E-state index contributed by atoms with van der Waals surface area (Å²) in [6.07, 6.45) is 0. The minimum atomic E-state index is -0.0874. The molecule has 0 aromatic rings. The van der Waals surface area contributed by atoms with Crippen molar-refractivity contribution >= 4 is 17.5 Å². The molecule has 1 N–H and O–H groups in total. The Bertz CT molecular complexity index is 197. The van der Waals surface area contributed by atoms with Crippen LogP contribution in [0.1, 0.15) is 13.8 Å². The average Bonchev–Trinajstić information content (AvgIpc) is 1.97. The summed E-state index contributed by atoms with van der Waals surface area (Å²) in [5.74, 6) is 2.47. The number of hydrogen-bond donors (Lipinski definition) is 1. The second-order valence-electron chi connectivity index (χ2n) is 4.55. The van der Waals surface area contributed by atoms with Crippen LogP contribution >= 0.6 is 11.8 Å². The van der Waals surface area contributed by atoms with E-state index in [-0.39, 0.29) is 10.8 Å². The average molecular weight is 185 g/mol. The minimum Gasteiger partial charge on any atom is -0.315 e. The molecule has 0 amide bonds. The third kappa shape index (κ3) is 1.03. The SMILES string of the molecule is CC12CNCC(C)(CSC1)C2=O. The van der Waals surface area contributed by atoms with Gasteiger partial charge >= 0.3 is 0 Å². The summed E-state index contributed by atoms with van der Waals surface area (Å²) in [6, 6.07) is 0. The van der Waals surface area contributed by atoms with Gasteiger partial charge < -0.3 is 5.32 Å². The molecule has 2 bridgehead atoms. The molecule has 0 saturated carbocycles. The van der Waals surface area contributed by atoms with E-state index in [4.69, 9.17) is 0 Å². The van der Waals surface area contributed by atoms with Crippen molar-refractivity contribution in [1.82, 2.24) is 5.32 Å². The first-order valence-corrected chi connectivity index (χ1v) is 5.56. The normalized spacial score (nSPS) is 47.7. The highest BCUT2D eigenvalue weighted by Gasteiger charge is 2.51. The van der Waals surface area contributed by atoms with E-state index in [0.29, 0.717) is 5.78 Å². The molecule has 0 aliphatic carbocycles. The van der Waals surface area contributed by atoms with Gasteiger partial charge in [-0.2, -0.15) is 11.8 Å². The van der Waals surface area contributed by atoms with Gasteiger partial charge in [0.15, 0.2) is 0 Å². The van der Waals surface area contributed by atoms with E-state index in [1.165, 1.54) is 0 Å². The summed E-state index contributed by atoms with van der Waals surface area (Å²) in [7, 11) is 0. The number of carbonyl (C=O) groups is 1. The maximum atomic E-state index is 12.0. The van der Waals surface area contributed by atoms with Crippen molar-refractivity contribution in [2.75, 3.05) is 24.6 Å². The zero-order chi connectivity index (χ0) is 8.82. The van der Waals surface area contributed by atoms with E-state index < -0.39 is 0 Å². The number of Topliss-reactive ketones (excluding diaryl/α,β-unsaturated/α-hetero) is 1. The summed E-state index contributed by atoms with van der Waals surface area (Å²) in [6.45, 7) is 5.92. The molecule has 0 spiro atoms. The van der Waals surface area contributed by atoms with Crippen LogP contribution < -0.4 is 5.32 Å². The van der Waals surface area contributed by atoms with E-state index >= 15 is 0 Å². The summed E-state index contributed by atoms with van der Waals surface area (Å²) in [5.41, 5.74) is -0.175. The van der Waals surface area contributed by atoms with E-state index in [0.717, 1.165) is 24.6 Å². The standard InChI is InChI=1S/C9H15NOS/c1-8-3-10-4-9(2,7(8)11)6-12-5-8/h10H,3-6H2,1-2H3. The highest BCUT2D eigenvalue weighted by molar-refractivity contribution is 7.99. The minimum absolute atomic E-state index is 0.0874. The maximum absolute atomic E-state index is 12.0. The molecule has 0 aromatic carbocycles. The number of ketones is 1. The number of thioether (sulfide) groups is 1. The molecular formula is C9H15NOS. The van der Waals surface area contributed by atoms with Gasteiger partial charge in [-0.15, -0.1) is 0 Å². The first-order chi connectivity index (χ1) is 5.57. The molecule has 2 heterocycles. The van der Waals surface area contributed by atoms with Crippen molar-refractivity contribution in [3.8, 4) is 0 Å². The quantitative estimate of drug-likeness (QED) is 0.608. The molecular weight excluding hydrogens is 170 g/mol. The summed E-state index contributed by atoms with van der Waals surface area (Å²) >= 11 is 1.93. The zero-order valence-corrected chi connectivity index (χ0v) is 8.46. The Morgan fingerprint density at radius 3 is 2.17 bits per heavy atom. The van der Waals surface area contributed by atoms with Crippen molar-refractivity contribution in [1.29, 1.82) is 0 Å². The smallest absolute Gasteiger partial charge is 0.148 e. The van der Waals surface area contributed by atoms with Crippen LogP contribution in [-0.4, -0.2) is 30.4 Å². The predicted octanol–water partition coefficient (Wildman–Crippen LogP) is 0.918. The van der Waals surface area contributed by atoms with Crippen LogP contribution in [0.25, 0.3) is 0 Å². The molecule has 12 heavy (non-hydrogen) atoms. The molecule has 2 atom stereocenters. The first kappa shape index (κ1) is 8.57. The lowest BCUT2D eigenvalue weighted by Gasteiger charge is -2.47. The molecule has 2 aliphatic rings. The Morgan fingerprint density at radius 2 is 1.75 bits per heavy atom. The monoisotopic (exact) mass is 185 g/mol. The van der Waals surface area contributed by atoms with Crippen molar-refractivity contribution in [3.63, 3.8) is 0 Å². The topological polar surface area (TPSA) is 29.1 Å². The highest BCUT2D eigenvalue weighted by atomic mass is 32.2. The number of nitrogens with one attached hydrogen (secondary N) is 1. The summed E-state index contributed by atoms with van der Waals surface area (Å²) < 4.78 is 0. The maximum Gasteiger partial charge on any atom is 0.148 e. The molecule has 2 aliphatic heterocycles. The molecule has 2 saturated heterocycles. The molecule has 2 fully saturated rings. The summed E-state index contributed by atoms with van der Waals surface area (Å²) in [4.78, 5) is 12.0. The first-order valence-electron chi connectivity index (χ1n) is 4.40. The Labute approximate surface area is 77.5 Å². The Morgan fingerprint density at radius 1 is 1.25 bits per heavy atom. The van der Waals surface area contributed by atoms with Crippen molar-refractivity contribution in [3.05, 3.63) is 0 Å². The number of rotatable bonds is 0. The van der Waals surface area contributed by atoms with E-state index in [1.807, 2.05) is 11.8 Å². The second-order valence-corrected chi connectivity index (χ2v) is 5.53. The lowest BCUT2D eigenvalue weighted by molar-refractivity contribution is -0.138. The molecule has 2 unspecified atom stereocenters. The van der Waals surface area contributed by atoms with Gasteiger partial charge in [-0.05, 0) is 0 Å². The zero-order valence-electron chi connectivity index (χ0n) is 7.64. The van der Waals surface area contributed by atoms with E-state index in [9.17, 15) is 4.79 Å². The van der Waals surface area contributed by atoms with Gasteiger partial charge in [0.2, 0.25) is 0 Å². The lowest BCUT2D eigenvalue weighted by Crippen LogP contribution is -2.60. The van der Waals surface area contributed by atoms with Gasteiger partial charge in [-0.25, -0.2) is 0 Å². The van der Waals surface area contributed by atoms with Crippen LogP contribution in [-0.2, 0) is 4.79 Å². The predicted molar refractivity (Wildman–Crippen MR) is 51.4 cm³/mol. The van der Waals surface area contributed by atoms with Gasteiger partial charge in [0.1, 0.15) is 5.78 Å². The fourth-order valence-electron chi connectivity index (χ4n) is 2.24. The van der Waals surface area contributed by atoms with Crippen molar-refractivity contribution in [2.45, 2.75) is 13.8 Å². The van der Waals surface area contributed by atoms with E-state index in [2.05, 4.69) is 19.2 Å². The van der Waals surface area contributed by atoms with Gasteiger partial charge in [-0.3, -0.25) is 4.79 Å². The summed E-state index contributed by atoms with van der Waals surface area (Å²) in [5, 5.41) is 3.36. The van der Waals surface area contributed by atoms with Crippen LogP contribution in [0, 0.1) is 10.8 Å². The number of piperidine rings is 1. The van der Waals surface area contributed by atoms with Crippen molar-refractivity contribution < 1.29 is 4.79 Å². The third-order valence-electron chi connectivity index (χ3n) is 2.97. The number of fused-ring (bicyclic) bond motifs is 2. The van der Waals surface area contributed by atoms with Crippen LogP contribution in [0.3, 0.4) is 0 Å². The van der Waals surface area contributed by atoms with E-state index in [1.54, 1.807) is 0 Å². The molecule has 3 heteroatoms. The Kier molecular flexibility index (Phi) is 1.77. The number of carbonyl (C=O) groups excluding carboxylic acids is 1. The lowest BCUT2D eigenvalue weighted by atomic mass is 9.70. The van der Waals surface area contributed by atoms with Crippen LogP contribution in [0.4, 0.5) is 0 Å². The molecule has 68 valence electrons. The second kappa shape index (κ2) is 2.48. The fourth-order valence-corrected chi connectivity index (χ4v) is 3.71. The molecule has 2 nitrogen and oxygen atoms in total. The van der Waals surface area contributed by atoms with Gasteiger partial charge in [-0.1, -0.05) is 13.8 Å². The fraction of sp³-hybridized carbons (Fsp3) is 0.889. The van der Waals surface area contributed by atoms with Crippen LogP contribution in [0.2, 0.25) is 0 Å². The van der Waals surface area contributed by atoms with Crippen LogP contribution in [0.5, 0.6) is 0 Å².